The molecule has 8 N–H and O–H groups in total. The molecule has 2 aromatic heterocycles. The number of aromatic nitrogens is 2. The Labute approximate surface area is 390 Å². The van der Waals surface area contributed by atoms with Crippen molar-refractivity contribution in [1.29, 1.82) is 0 Å². The molecule has 0 spiro atoms. The van der Waals surface area contributed by atoms with Crippen molar-refractivity contribution < 1.29 is 48.0 Å². The van der Waals surface area contributed by atoms with Crippen LogP contribution in [0.5, 0.6) is 0 Å². The van der Waals surface area contributed by atoms with Crippen LogP contribution in [-0.4, -0.2) is 147 Å². The summed E-state index contributed by atoms with van der Waals surface area (Å²) in [5, 5.41) is 46.4. The number of carbonyl (C=O) groups is 4. The van der Waals surface area contributed by atoms with Crippen LogP contribution in [0.25, 0.3) is 33.2 Å². The van der Waals surface area contributed by atoms with Gasteiger partial charge in [-0.3, -0.25) is 19.2 Å². The number of carbonyl (C=O) groups excluding carboxylic acids is 4. The fraction of sp³-hybridized carbons (Fsp3) is 0.592. The number of amides is 4. The average Bonchev–Trinajstić information content (AvgIpc) is 4.10. The monoisotopic (exact) mass is 935 g/mol. The molecule has 67 heavy (non-hydrogen) atoms. The van der Waals surface area contributed by atoms with Crippen LogP contribution in [0.4, 0.5) is 8.78 Å². The van der Waals surface area contributed by atoms with Crippen LogP contribution in [0.1, 0.15) is 84.6 Å². The Morgan fingerprint density at radius 3 is 1.76 bits per heavy atom. The topological polar surface area (TPSA) is 214 Å². The number of ether oxygens (including phenoxy) is 1. The second-order valence-electron chi connectivity index (χ2n) is 19.3. The highest BCUT2D eigenvalue weighted by atomic mass is 19.1. The Morgan fingerprint density at radius 2 is 1.24 bits per heavy atom. The first-order chi connectivity index (χ1) is 31.9. The fourth-order valence-corrected chi connectivity index (χ4v) is 10.1. The van der Waals surface area contributed by atoms with Crippen LogP contribution in [0.3, 0.4) is 0 Å². The first-order valence-corrected chi connectivity index (χ1v) is 23.7. The Morgan fingerprint density at radius 1 is 0.731 bits per heavy atom. The standard InChI is InChI=1S/C49H68F2N8O8/c1-24(2)39(55-45(63)26(5)52-7)47(65)57-17-9-11-30(57)21-34-32-15-13-28(50)19-36(32)54-41(34)42-35(22-31-12-10-18-58(31)48(66)40(25(3)4)56-46(64)27(6)53-8)33-16-14-29(51)20-37(33)59(42)49-44(62)43(61)38(60)23-67-49/h13-16,19-20,24-27,30-31,38-40,43-44,49,52-54,60-62H,9-12,17-18,21-23H2,1-8H3,(H,55,63)(H,56,64)/t26-,27-,30-,31-,38+,39-,40-,43-,44+,49?/m0/s1. The molecular formula is C49H68F2N8O8. The molecule has 18 heteroatoms. The summed E-state index contributed by atoms with van der Waals surface area (Å²) < 4.78 is 38.6. The number of nitrogens with one attached hydrogen (secondary N) is 5. The normalized spacial score (nSPS) is 24.2. The minimum atomic E-state index is -1.68. The summed E-state index contributed by atoms with van der Waals surface area (Å²) in [5.74, 6) is -2.63. The molecule has 1 unspecified atom stereocenters. The van der Waals surface area contributed by atoms with Gasteiger partial charge in [-0.1, -0.05) is 27.7 Å². The molecule has 10 atom stereocenters. The minimum absolute atomic E-state index is 0.222. The molecule has 3 fully saturated rings. The van der Waals surface area contributed by atoms with E-state index >= 15 is 8.78 Å². The molecule has 0 aliphatic carbocycles. The fourth-order valence-electron chi connectivity index (χ4n) is 10.1. The van der Waals surface area contributed by atoms with E-state index in [1.807, 2.05) is 32.6 Å². The van der Waals surface area contributed by atoms with E-state index in [0.717, 1.165) is 0 Å². The molecule has 2 aromatic carbocycles. The van der Waals surface area contributed by atoms with Crippen molar-refractivity contribution in [2.45, 2.75) is 141 Å². The molecule has 7 rings (SSSR count). The SMILES string of the molecule is CN[C@@H](C)C(=O)N[C@H](C(=O)N1CCC[C@H]1Cc1c(-c2c(C[C@@H]3CCCN3C(=O)[C@@H](NC(=O)[C@H](C)NC)C(C)C)c3ccc(F)cc3n2C2OC[C@@H](O)[C@H](O)[C@H]2O)[nH]c2cc(F)ccc12)C(C)C. The number of likely N-dealkylation sites (tertiary alicyclic amines) is 2. The molecule has 4 aromatic rings. The predicted octanol–water partition coefficient (Wildman–Crippen LogP) is 3.24. The van der Waals surface area contributed by atoms with Gasteiger partial charge < -0.3 is 60.7 Å². The average molecular weight is 935 g/mol. The molecule has 0 saturated carbocycles. The number of hydrogen-bond acceptors (Lipinski definition) is 10. The smallest absolute Gasteiger partial charge is 0.245 e. The summed E-state index contributed by atoms with van der Waals surface area (Å²) >= 11 is 0. The zero-order chi connectivity index (χ0) is 48.6. The van der Waals surface area contributed by atoms with E-state index in [1.165, 1.54) is 24.3 Å². The van der Waals surface area contributed by atoms with E-state index in [0.29, 0.717) is 83.1 Å². The summed E-state index contributed by atoms with van der Waals surface area (Å²) in [5.41, 5.74) is 3.00. The third-order valence-electron chi connectivity index (χ3n) is 14.2. The van der Waals surface area contributed by atoms with Crippen LogP contribution in [0, 0.1) is 23.5 Å². The van der Waals surface area contributed by atoms with Gasteiger partial charge in [0.15, 0.2) is 6.23 Å². The number of aromatic amines is 1. The van der Waals surface area contributed by atoms with Gasteiger partial charge in [0.25, 0.3) is 0 Å². The summed E-state index contributed by atoms with van der Waals surface area (Å²) in [6, 6.07) is 5.23. The quantitative estimate of drug-likeness (QED) is 0.0822. The zero-order valence-corrected chi connectivity index (χ0v) is 39.7. The van der Waals surface area contributed by atoms with Crippen molar-refractivity contribution in [2.24, 2.45) is 11.8 Å². The van der Waals surface area contributed by atoms with Gasteiger partial charge in [0, 0.05) is 41.5 Å². The van der Waals surface area contributed by atoms with Crippen molar-refractivity contribution in [3.05, 3.63) is 59.2 Å². The molecule has 16 nitrogen and oxygen atoms in total. The third kappa shape index (κ3) is 9.97. The van der Waals surface area contributed by atoms with E-state index in [-0.39, 0.29) is 61.0 Å². The molecule has 3 aliphatic heterocycles. The highest BCUT2D eigenvalue weighted by Crippen LogP contribution is 2.45. The summed E-state index contributed by atoms with van der Waals surface area (Å²) in [4.78, 5) is 62.4. The molecule has 0 bridgehead atoms. The Bertz CT molecular complexity index is 2460. The predicted molar refractivity (Wildman–Crippen MR) is 250 cm³/mol. The number of likely N-dealkylation sites (N-methyl/N-ethyl adjacent to an activating group) is 2. The molecule has 3 aliphatic rings. The lowest BCUT2D eigenvalue weighted by molar-refractivity contribution is -0.209. The van der Waals surface area contributed by atoms with Crippen LogP contribution in [-0.2, 0) is 36.8 Å². The van der Waals surface area contributed by atoms with Crippen LogP contribution in [0.2, 0.25) is 0 Å². The Hall–Kier alpha value is -4.98. The Balaban J connectivity index is 1.39. The largest absolute Gasteiger partial charge is 0.388 e. The van der Waals surface area contributed by atoms with Gasteiger partial charge in [-0.2, -0.15) is 0 Å². The van der Waals surface area contributed by atoms with Crippen molar-refractivity contribution >= 4 is 45.4 Å². The van der Waals surface area contributed by atoms with Crippen molar-refractivity contribution in [3.63, 3.8) is 0 Å². The van der Waals surface area contributed by atoms with Gasteiger partial charge in [-0.25, -0.2) is 8.78 Å². The number of rotatable bonds is 16. The maximum Gasteiger partial charge on any atom is 0.245 e. The van der Waals surface area contributed by atoms with E-state index in [4.69, 9.17) is 4.74 Å². The van der Waals surface area contributed by atoms with Crippen molar-refractivity contribution in [3.8, 4) is 11.4 Å². The first-order valence-electron chi connectivity index (χ1n) is 23.7. The van der Waals surface area contributed by atoms with Gasteiger partial charge >= 0.3 is 0 Å². The summed E-state index contributed by atoms with van der Waals surface area (Å²) in [6.45, 7) is 11.5. The van der Waals surface area contributed by atoms with Crippen LogP contribution < -0.4 is 21.3 Å². The number of hydrogen-bond donors (Lipinski definition) is 8. The van der Waals surface area contributed by atoms with E-state index < -0.39 is 66.4 Å². The minimum Gasteiger partial charge on any atom is -0.388 e. The second-order valence-corrected chi connectivity index (χ2v) is 19.3. The Kier molecular flexibility index (Phi) is 15.4. The van der Waals surface area contributed by atoms with Gasteiger partial charge in [-0.05, 0) is 126 Å². The van der Waals surface area contributed by atoms with Gasteiger partial charge in [0.2, 0.25) is 23.6 Å². The number of H-pyrrole nitrogens is 1. The lowest BCUT2D eigenvalue weighted by Gasteiger charge is -2.37. The van der Waals surface area contributed by atoms with E-state index in [2.05, 4.69) is 26.3 Å². The number of aliphatic hydroxyl groups excluding tert-OH is 3. The first kappa shape index (κ1) is 49.9. The van der Waals surface area contributed by atoms with Crippen LogP contribution in [0.15, 0.2) is 36.4 Å². The maximum absolute atomic E-state index is 15.6. The highest BCUT2D eigenvalue weighted by molar-refractivity contribution is 5.98. The van der Waals surface area contributed by atoms with Crippen LogP contribution >= 0.6 is 0 Å². The molecule has 5 heterocycles. The lowest BCUT2D eigenvalue weighted by atomic mass is 9.94. The number of benzene rings is 2. The van der Waals surface area contributed by atoms with Gasteiger partial charge in [0.1, 0.15) is 42.0 Å². The van der Waals surface area contributed by atoms with Gasteiger partial charge in [-0.15, -0.1) is 0 Å². The van der Waals surface area contributed by atoms with Crippen molar-refractivity contribution in [1.82, 2.24) is 40.6 Å². The summed E-state index contributed by atoms with van der Waals surface area (Å²) in [6.07, 6.45) is -2.97. The van der Waals surface area contributed by atoms with Gasteiger partial charge in [0.05, 0.1) is 35.6 Å². The molecule has 0 radical (unpaired) electrons. The van der Waals surface area contributed by atoms with E-state index in [9.17, 15) is 34.5 Å². The molecule has 3 saturated heterocycles. The zero-order valence-electron chi connectivity index (χ0n) is 39.7. The van der Waals surface area contributed by atoms with Crippen molar-refractivity contribution in [2.75, 3.05) is 33.8 Å². The maximum atomic E-state index is 15.6. The third-order valence-corrected chi connectivity index (χ3v) is 14.2. The second kappa shape index (κ2) is 20.7. The lowest BCUT2D eigenvalue weighted by Crippen LogP contribution is -2.55. The molecule has 366 valence electrons. The number of fused-ring (bicyclic) bond motifs is 2. The number of nitrogens with zero attached hydrogens (tertiary/aromatic N) is 3. The number of halogens is 2. The summed E-state index contributed by atoms with van der Waals surface area (Å²) in [7, 11) is 3.34. The number of aliphatic hydroxyl groups is 3. The molecular weight excluding hydrogens is 867 g/mol. The highest BCUT2D eigenvalue weighted by Gasteiger charge is 2.44. The molecule has 4 amide bonds. The van der Waals surface area contributed by atoms with E-state index in [1.54, 1.807) is 49.5 Å².